The van der Waals surface area contributed by atoms with E-state index in [9.17, 15) is 9.18 Å². The number of aromatic nitrogens is 2. The molecule has 1 amide bonds. The fourth-order valence-electron chi connectivity index (χ4n) is 6.53. The molecular formula is C33H39ClFN7O4. The van der Waals surface area contributed by atoms with Crippen LogP contribution in [0.15, 0.2) is 55.4 Å². The third-order valence-electron chi connectivity index (χ3n) is 8.84. The molecule has 3 saturated heterocycles. The fourth-order valence-corrected chi connectivity index (χ4v) is 6.71. The van der Waals surface area contributed by atoms with E-state index in [1.807, 2.05) is 12.1 Å². The molecule has 2 atom stereocenters. The van der Waals surface area contributed by atoms with E-state index in [4.69, 9.17) is 25.9 Å². The predicted molar refractivity (Wildman–Crippen MR) is 177 cm³/mol. The van der Waals surface area contributed by atoms with E-state index in [-0.39, 0.29) is 10.9 Å². The number of halogens is 2. The molecule has 4 heterocycles. The number of piperidine rings is 1. The largest absolute Gasteiger partial charge is 0.494 e. The molecule has 11 nitrogen and oxygen atoms in total. The van der Waals surface area contributed by atoms with Crippen molar-refractivity contribution < 1.29 is 23.5 Å². The van der Waals surface area contributed by atoms with E-state index in [1.54, 1.807) is 30.4 Å². The van der Waals surface area contributed by atoms with Crippen molar-refractivity contribution in [3.05, 3.63) is 71.8 Å². The second kappa shape index (κ2) is 14.2. The van der Waals surface area contributed by atoms with Gasteiger partial charge in [0.1, 0.15) is 23.7 Å². The van der Waals surface area contributed by atoms with Crippen molar-refractivity contribution >= 4 is 46.2 Å². The van der Waals surface area contributed by atoms with E-state index in [1.165, 1.54) is 18.5 Å². The molecule has 2 aromatic carbocycles. The number of amides is 1. The molecule has 0 radical (unpaired) electrons. The van der Waals surface area contributed by atoms with Gasteiger partial charge in [-0.15, -0.1) is 0 Å². The number of ether oxygens (including phenoxy) is 2. The highest BCUT2D eigenvalue weighted by atomic mass is 35.5. The lowest BCUT2D eigenvalue weighted by Crippen LogP contribution is -2.53. The maximum atomic E-state index is 14.9. The van der Waals surface area contributed by atoms with Crippen LogP contribution in [0.25, 0.3) is 0 Å². The van der Waals surface area contributed by atoms with Crippen molar-refractivity contribution in [2.45, 2.75) is 44.3 Å². The molecule has 0 unspecified atom stereocenters. The number of carbonyl (C=O) groups is 1. The molecule has 244 valence electrons. The number of hydrogen-bond acceptors (Lipinski definition) is 10. The number of benzene rings is 2. The summed E-state index contributed by atoms with van der Waals surface area (Å²) in [5.41, 5.74) is 2.51. The number of rotatable bonds is 9. The average molecular weight is 652 g/mol. The van der Waals surface area contributed by atoms with Crippen LogP contribution in [-0.4, -0.2) is 79.4 Å². The monoisotopic (exact) mass is 651 g/mol. The number of methoxy groups -OCH3 is 1. The summed E-state index contributed by atoms with van der Waals surface area (Å²) in [5.74, 6) is 0.693. The summed E-state index contributed by atoms with van der Waals surface area (Å²) in [6.45, 7) is 10.4. The summed E-state index contributed by atoms with van der Waals surface area (Å²) in [5, 5.41) is 7.93. The lowest BCUT2D eigenvalue weighted by Gasteiger charge is -2.44. The number of carbonyl (C=O) groups excluding carboxylic acids is 1. The van der Waals surface area contributed by atoms with Crippen molar-refractivity contribution in [2.75, 3.05) is 67.2 Å². The Kier molecular flexibility index (Phi) is 9.88. The molecule has 0 spiro atoms. The number of nitrogens with one attached hydrogen (secondary N) is 2. The Bertz CT molecular complexity index is 1570. The van der Waals surface area contributed by atoms with Crippen molar-refractivity contribution in [1.82, 2.24) is 14.9 Å². The summed E-state index contributed by atoms with van der Waals surface area (Å²) >= 11 is 6.07. The van der Waals surface area contributed by atoms with Gasteiger partial charge in [-0.1, -0.05) is 30.3 Å². The van der Waals surface area contributed by atoms with E-state index in [0.717, 1.165) is 51.4 Å². The Morgan fingerprint density at radius 1 is 1.13 bits per heavy atom. The number of nitrogens with zero attached hydrogens (tertiary/aromatic N) is 5. The van der Waals surface area contributed by atoms with E-state index < -0.39 is 11.9 Å². The first-order valence-corrected chi connectivity index (χ1v) is 15.9. The van der Waals surface area contributed by atoms with Gasteiger partial charge in [0.2, 0.25) is 5.91 Å². The van der Waals surface area contributed by atoms with E-state index >= 15 is 0 Å². The van der Waals surface area contributed by atoms with Crippen LogP contribution in [0.4, 0.5) is 33.1 Å². The topological polar surface area (TPSA) is 104 Å². The van der Waals surface area contributed by atoms with Gasteiger partial charge in [0, 0.05) is 55.8 Å². The lowest BCUT2D eigenvalue weighted by molar-refractivity contribution is -0.111. The first-order chi connectivity index (χ1) is 22.4. The molecule has 13 heteroatoms. The summed E-state index contributed by atoms with van der Waals surface area (Å²) in [7, 11) is 1.60. The van der Waals surface area contributed by atoms with Crippen LogP contribution in [0.5, 0.6) is 5.75 Å². The third-order valence-corrected chi connectivity index (χ3v) is 9.13. The highest BCUT2D eigenvalue weighted by Gasteiger charge is 2.33. The minimum atomic E-state index is -0.476. The molecule has 0 bridgehead atoms. The van der Waals surface area contributed by atoms with Gasteiger partial charge < -0.3 is 25.0 Å². The van der Waals surface area contributed by atoms with Gasteiger partial charge in [0.25, 0.3) is 0 Å². The molecule has 6 rings (SSSR count). The van der Waals surface area contributed by atoms with Crippen LogP contribution < -0.4 is 25.3 Å². The Balaban J connectivity index is 1.24. The number of hydroxylamine groups is 1. The first kappa shape index (κ1) is 32.0. The smallest absolute Gasteiger partial charge is 0.247 e. The number of hydrogen-bond donors (Lipinski definition) is 2. The average Bonchev–Trinajstić information content (AvgIpc) is 3.56. The summed E-state index contributed by atoms with van der Waals surface area (Å²) in [6.07, 6.45) is 5.23. The SMILES string of the molecule is C=CC(=O)Nc1cc(Nc2cc(N3OCC[C@@H]3c3cccc(Cl)c3F)ncn2)c(OC)cc1N1CCC(N2CCOC[C@@H]2C)CC1. The van der Waals surface area contributed by atoms with Crippen molar-refractivity contribution in [2.24, 2.45) is 0 Å². The molecule has 0 aliphatic carbocycles. The van der Waals surface area contributed by atoms with Crippen molar-refractivity contribution in [3.63, 3.8) is 0 Å². The highest BCUT2D eigenvalue weighted by Crippen LogP contribution is 2.41. The van der Waals surface area contributed by atoms with Crippen LogP contribution in [0.2, 0.25) is 5.02 Å². The van der Waals surface area contributed by atoms with Gasteiger partial charge in [-0.2, -0.15) is 0 Å². The molecule has 3 aliphatic rings. The molecule has 2 N–H and O–H groups in total. The number of morpholine rings is 1. The van der Waals surface area contributed by atoms with Crippen LogP contribution in [0.3, 0.4) is 0 Å². The molecular weight excluding hydrogens is 613 g/mol. The fraction of sp³-hybridized carbons (Fsp3) is 0.424. The second-order valence-corrected chi connectivity index (χ2v) is 12.0. The maximum Gasteiger partial charge on any atom is 0.247 e. The summed E-state index contributed by atoms with van der Waals surface area (Å²) in [6, 6.07) is 10.9. The van der Waals surface area contributed by atoms with Crippen LogP contribution in [-0.2, 0) is 14.4 Å². The highest BCUT2D eigenvalue weighted by molar-refractivity contribution is 6.30. The molecule has 3 aliphatic heterocycles. The Morgan fingerprint density at radius 2 is 1.96 bits per heavy atom. The normalized spacial score (nSPS) is 20.9. The zero-order chi connectivity index (χ0) is 32.2. The third kappa shape index (κ3) is 6.75. The Morgan fingerprint density at radius 3 is 2.72 bits per heavy atom. The number of anilines is 5. The van der Waals surface area contributed by atoms with Crippen LogP contribution >= 0.6 is 11.6 Å². The Hall–Kier alpha value is -3.97. The standard InChI is InChI=1S/C33H39ClFN7O4/c1-4-32(43)39-25-16-26(29(44-3)17-28(25)40-11-8-22(9-12-40)41-13-15-45-19-21(41)2)38-30-18-31(37-20-36-30)42-27(10-14-46-42)23-6-5-7-24(34)33(23)35/h4-7,16-18,20-22,27H,1,8-15,19H2,2-3H3,(H,39,43)(H,36,37,38)/t21-,27+/m0/s1. The molecule has 46 heavy (non-hydrogen) atoms. The zero-order valence-corrected chi connectivity index (χ0v) is 26.8. The van der Waals surface area contributed by atoms with Gasteiger partial charge in [-0.05, 0) is 38.0 Å². The second-order valence-electron chi connectivity index (χ2n) is 11.6. The van der Waals surface area contributed by atoms with Gasteiger partial charge in [0.05, 0.1) is 55.1 Å². The summed E-state index contributed by atoms with van der Waals surface area (Å²) in [4.78, 5) is 32.1. The minimum Gasteiger partial charge on any atom is -0.494 e. The van der Waals surface area contributed by atoms with E-state index in [2.05, 4.69) is 43.9 Å². The van der Waals surface area contributed by atoms with Crippen molar-refractivity contribution in [1.29, 1.82) is 0 Å². The molecule has 0 saturated carbocycles. The van der Waals surface area contributed by atoms with Gasteiger partial charge in [0.15, 0.2) is 5.82 Å². The summed E-state index contributed by atoms with van der Waals surface area (Å²) < 4.78 is 26.4. The molecule has 1 aromatic heterocycles. The van der Waals surface area contributed by atoms with Crippen LogP contribution in [0, 0.1) is 5.82 Å². The zero-order valence-electron chi connectivity index (χ0n) is 26.0. The molecule has 3 fully saturated rings. The first-order valence-electron chi connectivity index (χ1n) is 15.5. The van der Waals surface area contributed by atoms with Gasteiger partial charge in [-0.25, -0.2) is 19.4 Å². The van der Waals surface area contributed by atoms with Gasteiger partial charge in [-0.3, -0.25) is 14.5 Å². The lowest BCUT2D eigenvalue weighted by atomic mass is 10.00. The molecule has 3 aromatic rings. The van der Waals surface area contributed by atoms with E-state index in [0.29, 0.717) is 59.4 Å². The van der Waals surface area contributed by atoms with Crippen LogP contribution in [0.1, 0.15) is 37.8 Å². The predicted octanol–water partition coefficient (Wildman–Crippen LogP) is 5.72. The van der Waals surface area contributed by atoms with Crippen molar-refractivity contribution in [3.8, 4) is 5.75 Å². The maximum absolute atomic E-state index is 14.9. The quantitative estimate of drug-likeness (QED) is 0.279. The minimum absolute atomic E-state index is 0.0559. The van der Waals surface area contributed by atoms with Gasteiger partial charge >= 0.3 is 0 Å². The Labute approximate surface area is 273 Å².